The van der Waals surface area contributed by atoms with Crippen LogP contribution in [0.3, 0.4) is 0 Å². The van der Waals surface area contributed by atoms with Crippen molar-refractivity contribution < 1.29 is 9.53 Å². The predicted octanol–water partition coefficient (Wildman–Crippen LogP) is 2.45. The Labute approximate surface area is 99.1 Å². The van der Waals surface area contributed by atoms with Crippen LogP contribution in [0, 0.1) is 5.92 Å². The highest BCUT2D eigenvalue weighted by Gasteiger charge is 2.27. The van der Waals surface area contributed by atoms with Gasteiger partial charge in [0.05, 0.1) is 6.10 Å². The average molecular weight is 227 g/mol. The molecule has 0 saturated heterocycles. The van der Waals surface area contributed by atoms with E-state index < -0.39 is 0 Å². The van der Waals surface area contributed by atoms with Crippen molar-refractivity contribution in [2.45, 2.75) is 58.6 Å². The van der Waals surface area contributed by atoms with Crippen LogP contribution in [0.2, 0.25) is 0 Å². The zero-order valence-corrected chi connectivity index (χ0v) is 11.0. The number of carbonyl (C=O) groups excluding carboxylic acids is 1. The molecule has 0 N–H and O–H groups in total. The summed E-state index contributed by atoms with van der Waals surface area (Å²) in [6, 6.07) is 0.414. The van der Waals surface area contributed by atoms with E-state index in [0.717, 1.165) is 6.42 Å². The molecule has 0 aromatic carbocycles. The molecular weight excluding hydrogens is 202 g/mol. The summed E-state index contributed by atoms with van der Waals surface area (Å²) in [5.74, 6) is 0.745. The molecule has 1 amide bonds. The highest BCUT2D eigenvalue weighted by Crippen LogP contribution is 2.27. The van der Waals surface area contributed by atoms with Gasteiger partial charge in [0, 0.05) is 13.1 Å². The molecule has 0 heterocycles. The molecule has 94 valence electrons. The monoisotopic (exact) mass is 227 g/mol. The number of hydrogen-bond acceptors (Lipinski definition) is 2. The Bertz CT molecular complexity index is 228. The zero-order valence-electron chi connectivity index (χ0n) is 11.0. The van der Waals surface area contributed by atoms with Crippen LogP contribution in [-0.2, 0) is 9.53 Å². The van der Waals surface area contributed by atoms with Crippen molar-refractivity contribution in [1.82, 2.24) is 4.90 Å². The second-order valence-corrected chi connectivity index (χ2v) is 5.19. The lowest BCUT2D eigenvalue weighted by Gasteiger charge is -2.36. The Hall–Kier alpha value is -0.570. The van der Waals surface area contributed by atoms with Crippen molar-refractivity contribution in [3.63, 3.8) is 0 Å². The number of nitrogens with zero attached hydrogens (tertiary/aromatic N) is 1. The number of likely N-dealkylation sites (N-methyl/N-ethyl adjacent to an activating group) is 1. The van der Waals surface area contributed by atoms with Gasteiger partial charge in [-0.05, 0) is 32.6 Å². The van der Waals surface area contributed by atoms with Crippen molar-refractivity contribution in [2.24, 2.45) is 5.92 Å². The molecule has 2 atom stereocenters. The van der Waals surface area contributed by atoms with Gasteiger partial charge in [0.15, 0.2) is 0 Å². The molecule has 16 heavy (non-hydrogen) atoms. The fraction of sp³-hybridized carbons (Fsp3) is 0.923. The summed E-state index contributed by atoms with van der Waals surface area (Å²) < 4.78 is 5.36. The minimum absolute atomic E-state index is 0.118. The summed E-state index contributed by atoms with van der Waals surface area (Å²) in [5.41, 5.74) is 0. The number of ether oxygens (including phenoxy) is 1. The van der Waals surface area contributed by atoms with E-state index in [1.54, 1.807) is 0 Å². The van der Waals surface area contributed by atoms with Crippen LogP contribution in [0.1, 0.15) is 46.5 Å². The van der Waals surface area contributed by atoms with E-state index in [0.29, 0.717) is 12.0 Å². The average Bonchev–Trinajstić information content (AvgIpc) is 2.25. The van der Waals surface area contributed by atoms with Crippen molar-refractivity contribution in [3.05, 3.63) is 0 Å². The molecule has 0 bridgehead atoms. The lowest BCUT2D eigenvalue weighted by molar-refractivity contribution is -0.140. The van der Waals surface area contributed by atoms with E-state index in [9.17, 15) is 4.79 Å². The van der Waals surface area contributed by atoms with Crippen LogP contribution in [0.5, 0.6) is 0 Å². The van der Waals surface area contributed by atoms with Gasteiger partial charge in [-0.3, -0.25) is 4.79 Å². The standard InChI is InChI=1S/C13H25NO2/c1-10(2)16-9-13(15)14(4)12-8-6-5-7-11(12)3/h10-12H,5-9H2,1-4H3. The topological polar surface area (TPSA) is 29.5 Å². The molecule has 1 aliphatic rings. The van der Waals surface area contributed by atoms with E-state index in [-0.39, 0.29) is 18.6 Å². The highest BCUT2D eigenvalue weighted by molar-refractivity contribution is 5.77. The molecule has 0 aromatic heterocycles. The summed E-state index contributed by atoms with van der Waals surface area (Å²) in [4.78, 5) is 13.8. The Kier molecular flexibility index (Phi) is 5.26. The first-order chi connectivity index (χ1) is 7.52. The Morgan fingerprint density at radius 1 is 1.38 bits per heavy atom. The van der Waals surface area contributed by atoms with Crippen LogP contribution in [0.4, 0.5) is 0 Å². The summed E-state index contributed by atoms with van der Waals surface area (Å²) >= 11 is 0. The molecule has 3 heteroatoms. The SMILES string of the molecule is CC(C)OCC(=O)N(C)C1CCCCC1C. The van der Waals surface area contributed by atoms with Gasteiger partial charge in [-0.1, -0.05) is 19.8 Å². The number of hydrogen-bond donors (Lipinski definition) is 0. The van der Waals surface area contributed by atoms with Gasteiger partial charge < -0.3 is 9.64 Å². The number of amides is 1. The van der Waals surface area contributed by atoms with Gasteiger partial charge in [0.1, 0.15) is 6.61 Å². The number of rotatable bonds is 4. The van der Waals surface area contributed by atoms with Crippen molar-refractivity contribution in [3.8, 4) is 0 Å². The quantitative estimate of drug-likeness (QED) is 0.738. The molecule has 0 spiro atoms. The van der Waals surface area contributed by atoms with Crippen molar-refractivity contribution >= 4 is 5.91 Å². The molecular formula is C13H25NO2. The summed E-state index contributed by atoms with van der Waals surface area (Å²) in [6.45, 7) is 6.38. The summed E-state index contributed by atoms with van der Waals surface area (Å²) in [5, 5.41) is 0. The van der Waals surface area contributed by atoms with Gasteiger partial charge in [-0.2, -0.15) is 0 Å². The smallest absolute Gasteiger partial charge is 0.248 e. The van der Waals surface area contributed by atoms with Crippen LogP contribution in [-0.4, -0.2) is 36.6 Å². The predicted molar refractivity (Wildman–Crippen MR) is 65.3 cm³/mol. The minimum atomic E-state index is 0.118. The van der Waals surface area contributed by atoms with E-state index in [4.69, 9.17) is 4.74 Å². The maximum Gasteiger partial charge on any atom is 0.248 e. The van der Waals surface area contributed by atoms with E-state index in [1.807, 2.05) is 25.8 Å². The molecule has 1 aliphatic carbocycles. The third kappa shape index (κ3) is 3.78. The lowest BCUT2D eigenvalue weighted by Crippen LogP contribution is -2.44. The van der Waals surface area contributed by atoms with Gasteiger partial charge in [0.2, 0.25) is 5.91 Å². The Morgan fingerprint density at radius 2 is 2.00 bits per heavy atom. The maximum absolute atomic E-state index is 11.9. The van der Waals surface area contributed by atoms with Gasteiger partial charge in [0.25, 0.3) is 0 Å². The maximum atomic E-state index is 11.9. The molecule has 1 fully saturated rings. The first kappa shape index (κ1) is 13.5. The second kappa shape index (κ2) is 6.24. The van der Waals surface area contributed by atoms with Crippen molar-refractivity contribution in [1.29, 1.82) is 0 Å². The number of carbonyl (C=O) groups is 1. The Balaban J connectivity index is 2.42. The van der Waals surface area contributed by atoms with Crippen LogP contribution >= 0.6 is 0 Å². The fourth-order valence-electron chi connectivity index (χ4n) is 2.40. The normalized spacial score (nSPS) is 25.8. The first-order valence-corrected chi connectivity index (χ1v) is 6.39. The molecule has 0 radical (unpaired) electrons. The van der Waals surface area contributed by atoms with Crippen LogP contribution in [0.15, 0.2) is 0 Å². The lowest BCUT2D eigenvalue weighted by atomic mass is 9.85. The van der Waals surface area contributed by atoms with E-state index >= 15 is 0 Å². The van der Waals surface area contributed by atoms with Gasteiger partial charge >= 0.3 is 0 Å². The van der Waals surface area contributed by atoms with Gasteiger partial charge in [-0.25, -0.2) is 0 Å². The van der Waals surface area contributed by atoms with Crippen LogP contribution in [0.25, 0.3) is 0 Å². The molecule has 0 aliphatic heterocycles. The van der Waals surface area contributed by atoms with E-state index in [1.165, 1.54) is 19.3 Å². The summed E-state index contributed by atoms with van der Waals surface area (Å²) in [6.07, 6.45) is 5.07. The third-order valence-electron chi connectivity index (χ3n) is 3.50. The fourth-order valence-corrected chi connectivity index (χ4v) is 2.40. The second-order valence-electron chi connectivity index (χ2n) is 5.19. The third-order valence-corrected chi connectivity index (χ3v) is 3.50. The van der Waals surface area contributed by atoms with Crippen molar-refractivity contribution in [2.75, 3.05) is 13.7 Å². The molecule has 0 aromatic rings. The van der Waals surface area contributed by atoms with Crippen LogP contribution < -0.4 is 0 Å². The molecule has 3 nitrogen and oxygen atoms in total. The molecule has 1 rings (SSSR count). The Morgan fingerprint density at radius 3 is 2.56 bits per heavy atom. The molecule has 2 unspecified atom stereocenters. The summed E-state index contributed by atoms with van der Waals surface area (Å²) in [7, 11) is 1.92. The largest absolute Gasteiger partial charge is 0.369 e. The minimum Gasteiger partial charge on any atom is -0.369 e. The zero-order chi connectivity index (χ0) is 12.1. The van der Waals surface area contributed by atoms with Gasteiger partial charge in [-0.15, -0.1) is 0 Å². The highest BCUT2D eigenvalue weighted by atomic mass is 16.5. The molecule has 1 saturated carbocycles. The van der Waals surface area contributed by atoms with E-state index in [2.05, 4.69) is 6.92 Å². The first-order valence-electron chi connectivity index (χ1n) is 6.39.